The van der Waals surface area contributed by atoms with Gasteiger partial charge in [0.1, 0.15) is 11.6 Å². The normalized spacial score (nSPS) is 31.0. The van der Waals surface area contributed by atoms with Crippen LogP contribution in [-0.4, -0.2) is 24.4 Å². The van der Waals surface area contributed by atoms with Crippen LogP contribution in [0.5, 0.6) is 0 Å². The second kappa shape index (κ2) is 4.94. The van der Waals surface area contributed by atoms with E-state index in [-0.39, 0.29) is 25.1 Å². The Morgan fingerprint density at radius 3 is 2.32 bits per heavy atom. The molecular formula is C15H15F4N2O-. The maximum absolute atomic E-state index is 13.5. The molecule has 1 aromatic rings. The van der Waals surface area contributed by atoms with Crippen LogP contribution in [0.15, 0.2) is 18.2 Å². The molecule has 1 saturated heterocycles. The van der Waals surface area contributed by atoms with Gasteiger partial charge in [-0.3, -0.25) is 4.79 Å². The van der Waals surface area contributed by atoms with Crippen LogP contribution < -0.4 is 4.90 Å². The maximum Gasteiger partial charge on any atom is 0.233 e. The molecule has 0 bridgehead atoms. The zero-order chi connectivity index (χ0) is 16.1. The minimum absolute atomic E-state index is 0.00249. The highest BCUT2D eigenvalue weighted by atomic mass is 19.3. The van der Waals surface area contributed by atoms with Crippen LogP contribution in [0.1, 0.15) is 25.7 Å². The van der Waals surface area contributed by atoms with Crippen LogP contribution in [0, 0.1) is 17.0 Å². The molecule has 2 unspecified atom stereocenters. The second-order valence-electron chi connectivity index (χ2n) is 6.13. The number of rotatable bonds is 1. The van der Waals surface area contributed by atoms with Crippen molar-refractivity contribution in [1.82, 2.24) is 0 Å². The van der Waals surface area contributed by atoms with E-state index in [1.807, 2.05) is 0 Å². The van der Waals surface area contributed by atoms with Crippen molar-refractivity contribution in [2.75, 3.05) is 11.4 Å². The van der Waals surface area contributed by atoms with Gasteiger partial charge in [0, 0.05) is 24.7 Å². The third kappa shape index (κ3) is 2.37. The van der Waals surface area contributed by atoms with Crippen molar-refractivity contribution in [2.24, 2.45) is 5.41 Å². The molecule has 1 aliphatic carbocycles. The number of nitrogens with zero attached hydrogens (tertiary/aromatic N) is 1. The van der Waals surface area contributed by atoms with Crippen LogP contribution >= 0.6 is 0 Å². The van der Waals surface area contributed by atoms with Gasteiger partial charge in [-0.1, -0.05) is 6.04 Å². The quantitative estimate of drug-likeness (QED) is 0.724. The topological polar surface area (TPSA) is 44.1 Å². The molecule has 0 aromatic heterocycles. The molecular weight excluding hydrogens is 300 g/mol. The van der Waals surface area contributed by atoms with Gasteiger partial charge in [-0.05, 0) is 31.4 Å². The number of benzene rings is 1. The van der Waals surface area contributed by atoms with E-state index in [0.29, 0.717) is 12.5 Å². The van der Waals surface area contributed by atoms with Gasteiger partial charge >= 0.3 is 0 Å². The number of nitrogens with one attached hydrogen (secondary N) is 1. The molecule has 1 N–H and O–H groups in total. The van der Waals surface area contributed by atoms with Gasteiger partial charge in [0.2, 0.25) is 11.8 Å². The molecule has 3 rings (SSSR count). The fraction of sp³-hybridized carbons (Fsp3) is 0.533. The molecule has 2 fully saturated rings. The van der Waals surface area contributed by atoms with Crippen molar-refractivity contribution >= 4 is 11.6 Å². The number of hydrogen-bond acceptors (Lipinski definition) is 1. The summed E-state index contributed by atoms with van der Waals surface area (Å²) in [6, 6.07) is 1.20. The van der Waals surface area contributed by atoms with Crippen LogP contribution in [-0.2, 0) is 4.79 Å². The van der Waals surface area contributed by atoms with Crippen LogP contribution in [0.3, 0.4) is 0 Å². The van der Waals surface area contributed by atoms with Crippen LogP contribution in [0.2, 0.25) is 0 Å². The van der Waals surface area contributed by atoms with Crippen molar-refractivity contribution in [3.05, 3.63) is 35.6 Å². The van der Waals surface area contributed by atoms with Crippen molar-refractivity contribution in [1.29, 1.82) is 0 Å². The summed E-state index contributed by atoms with van der Waals surface area (Å²) >= 11 is 0. The first kappa shape index (κ1) is 15.3. The second-order valence-corrected chi connectivity index (χ2v) is 6.13. The minimum Gasteiger partial charge on any atom is -0.670 e. The number of carbonyl (C=O) groups is 1. The SMILES string of the molecule is [NH-]C1CC2(CCN(c3cc(F)cc(F)c3)C2=O)CCC1(F)F. The van der Waals surface area contributed by atoms with E-state index in [2.05, 4.69) is 0 Å². The minimum atomic E-state index is -3.08. The Balaban J connectivity index is 1.86. The smallest absolute Gasteiger partial charge is 0.233 e. The Morgan fingerprint density at radius 1 is 1.09 bits per heavy atom. The lowest BCUT2D eigenvalue weighted by Crippen LogP contribution is -2.46. The molecule has 1 amide bonds. The largest absolute Gasteiger partial charge is 0.670 e. The summed E-state index contributed by atoms with van der Waals surface area (Å²) in [4.78, 5) is 13.9. The molecule has 3 nitrogen and oxygen atoms in total. The van der Waals surface area contributed by atoms with E-state index in [0.717, 1.165) is 12.1 Å². The lowest BCUT2D eigenvalue weighted by Gasteiger charge is -2.43. The molecule has 1 heterocycles. The number of anilines is 1. The summed E-state index contributed by atoms with van der Waals surface area (Å²) in [6.07, 6.45) is -0.386. The number of amides is 1. The van der Waals surface area contributed by atoms with Crippen molar-refractivity contribution in [2.45, 2.75) is 37.6 Å². The molecule has 1 aliphatic heterocycles. The van der Waals surface area contributed by atoms with Crippen LogP contribution in [0.25, 0.3) is 5.73 Å². The summed E-state index contributed by atoms with van der Waals surface area (Å²) in [5.41, 5.74) is 6.65. The van der Waals surface area contributed by atoms with Gasteiger partial charge in [0.05, 0.1) is 5.41 Å². The fourth-order valence-electron chi connectivity index (χ4n) is 3.41. The number of alkyl halides is 2. The van der Waals surface area contributed by atoms with E-state index < -0.39 is 41.3 Å². The Bertz CT molecular complexity index is 601. The van der Waals surface area contributed by atoms with Gasteiger partial charge in [0.15, 0.2) is 0 Å². The zero-order valence-corrected chi connectivity index (χ0v) is 11.7. The van der Waals surface area contributed by atoms with Gasteiger partial charge < -0.3 is 10.6 Å². The Morgan fingerprint density at radius 2 is 1.73 bits per heavy atom. The lowest BCUT2D eigenvalue weighted by atomic mass is 9.70. The van der Waals surface area contributed by atoms with E-state index in [4.69, 9.17) is 5.73 Å². The fourth-order valence-corrected chi connectivity index (χ4v) is 3.41. The average molecular weight is 315 g/mol. The average Bonchev–Trinajstić information content (AvgIpc) is 2.72. The molecule has 2 atom stereocenters. The third-order valence-corrected chi connectivity index (χ3v) is 4.71. The van der Waals surface area contributed by atoms with Crippen LogP contribution in [0.4, 0.5) is 23.2 Å². The Labute approximate surface area is 125 Å². The molecule has 1 aromatic carbocycles. The third-order valence-electron chi connectivity index (χ3n) is 4.71. The van der Waals surface area contributed by atoms with E-state index in [1.165, 1.54) is 4.90 Å². The molecule has 1 spiro atoms. The first-order valence-corrected chi connectivity index (χ1v) is 7.11. The van der Waals surface area contributed by atoms with Crippen molar-refractivity contribution in [3.8, 4) is 0 Å². The first-order chi connectivity index (χ1) is 10.2. The van der Waals surface area contributed by atoms with E-state index >= 15 is 0 Å². The van der Waals surface area contributed by atoms with E-state index in [9.17, 15) is 22.4 Å². The molecule has 1 saturated carbocycles. The highest BCUT2D eigenvalue weighted by Gasteiger charge is 2.53. The lowest BCUT2D eigenvalue weighted by molar-refractivity contribution is -0.133. The van der Waals surface area contributed by atoms with Gasteiger partial charge in [-0.2, -0.15) is 0 Å². The predicted molar refractivity (Wildman–Crippen MR) is 72.7 cm³/mol. The first-order valence-electron chi connectivity index (χ1n) is 7.11. The molecule has 7 heteroatoms. The number of halogens is 4. The zero-order valence-electron chi connectivity index (χ0n) is 11.7. The Kier molecular flexibility index (Phi) is 3.43. The highest BCUT2D eigenvalue weighted by Crippen LogP contribution is 2.50. The monoisotopic (exact) mass is 315 g/mol. The summed E-state index contributed by atoms with van der Waals surface area (Å²) in [6.45, 7) is 0.222. The highest BCUT2D eigenvalue weighted by molar-refractivity contribution is 6.00. The number of carbonyl (C=O) groups excluding carboxylic acids is 1. The standard InChI is InChI=1S/C15H15F4N2O/c16-9-5-10(17)7-11(6-9)21-4-3-14(13(21)22)1-2-15(18,19)12(20)8-14/h5-7,12,20H,1-4,8H2/q-1. The van der Waals surface area contributed by atoms with E-state index in [1.54, 1.807) is 0 Å². The molecule has 22 heavy (non-hydrogen) atoms. The van der Waals surface area contributed by atoms with Crippen molar-refractivity contribution in [3.63, 3.8) is 0 Å². The van der Waals surface area contributed by atoms with Gasteiger partial charge in [-0.25, -0.2) is 17.6 Å². The Hall–Kier alpha value is -1.63. The predicted octanol–water partition coefficient (Wildman–Crippen LogP) is 3.93. The molecule has 2 aliphatic rings. The van der Waals surface area contributed by atoms with Gasteiger partial charge in [-0.15, -0.1) is 0 Å². The summed E-state index contributed by atoms with van der Waals surface area (Å²) < 4.78 is 53.5. The number of hydrogen-bond donors (Lipinski definition) is 0. The summed E-state index contributed by atoms with van der Waals surface area (Å²) in [5, 5.41) is 0. The maximum atomic E-state index is 13.5. The summed E-state index contributed by atoms with van der Waals surface area (Å²) in [7, 11) is 0. The van der Waals surface area contributed by atoms with Gasteiger partial charge in [0.25, 0.3) is 0 Å². The van der Waals surface area contributed by atoms with Crippen molar-refractivity contribution < 1.29 is 22.4 Å². The molecule has 120 valence electrons. The summed E-state index contributed by atoms with van der Waals surface area (Å²) in [5.74, 6) is -5.08. The molecule has 0 radical (unpaired) electrons.